The molecule has 0 atom stereocenters. The summed E-state index contributed by atoms with van der Waals surface area (Å²) in [6.45, 7) is 8.75. The number of hydrogen-bond donors (Lipinski definition) is 3. The Bertz CT molecular complexity index is 2740. The largest absolute Gasteiger partial charge is 1.00 e. The predicted molar refractivity (Wildman–Crippen MR) is 268 cm³/mol. The summed E-state index contributed by atoms with van der Waals surface area (Å²) in [7, 11) is 0. The van der Waals surface area contributed by atoms with E-state index in [-0.39, 0.29) is 67.1 Å². The van der Waals surface area contributed by atoms with Crippen molar-refractivity contribution in [1.82, 2.24) is 24.7 Å². The second-order valence-corrected chi connectivity index (χ2v) is 19.4. The topological polar surface area (TPSA) is 226 Å². The first-order chi connectivity index (χ1) is 38.0. The molecule has 2 aromatic carbocycles. The Kier molecular flexibility index (Phi) is 25.3. The minimum Gasteiger partial charge on any atom is -1.00 e. The first-order valence-corrected chi connectivity index (χ1v) is 25.6. The molecule has 2 aromatic heterocycles. The first-order valence-electron chi connectivity index (χ1n) is 25.6. The van der Waals surface area contributed by atoms with E-state index in [4.69, 9.17) is 0 Å². The molecule has 0 bridgehead atoms. The second kappa shape index (κ2) is 30.4. The molecule has 452 valence electrons. The molecule has 8 rings (SSSR count). The van der Waals surface area contributed by atoms with Gasteiger partial charge in [0.15, 0.2) is 0 Å². The van der Waals surface area contributed by atoms with Crippen molar-refractivity contribution in [3.63, 3.8) is 0 Å². The third-order valence-corrected chi connectivity index (χ3v) is 13.9. The quantitative estimate of drug-likeness (QED) is 0.0687. The van der Waals surface area contributed by atoms with Gasteiger partial charge in [-0.25, -0.2) is 9.97 Å². The molecule has 4 fully saturated rings. The summed E-state index contributed by atoms with van der Waals surface area (Å²) in [6.07, 6.45) is -13.0. The van der Waals surface area contributed by atoms with Gasteiger partial charge in [0.05, 0.1) is 46.7 Å². The molecule has 4 aliphatic rings. The van der Waals surface area contributed by atoms with Crippen LogP contribution in [0.1, 0.15) is 61.0 Å². The molecule has 0 unspecified atom stereocenters. The van der Waals surface area contributed by atoms with E-state index >= 15 is 0 Å². The number of carbonyl (C=O) groups is 2. The summed E-state index contributed by atoms with van der Waals surface area (Å²) in [6, 6.07) is 10.6. The van der Waals surface area contributed by atoms with E-state index in [1.807, 2.05) is 14.7 Å². The zero-order chi connectivity index (χ0) is 59.3. The van der Waals surface area contributed by atoms with E-state index in [0.29, 0.717) is 109 Å². The number of rotatable bonds is 14. The van der Waals surface area contributed by atoms with Crippen molar-refractivity contribution < 1.29 is 114 Å². The van der Waals surface area contributed by atoms with Crippen molar-refractivity contribution in [2.24, 2.45) is 0 Å². The number of nitrogens with two attached hydrogens (primary N) is 1. The van der Waals surface area contributed by atoms with E-state index in [0.717, 1.165) is 62.3 Å². The maximum atomic E-state index is 13.2. The number of pyridine rings is 2. The van der Waals surface area contributed by atoms with Crippen LogP contribution in [-0.2, 0) is 34.3 Å². The van der Waals surface area contributed by atoms with Gasteiger partial charge in [-0.05, 0) is 67.8 Å². The van der Waals surface area contributed by atoms with E-state index < -0.39 is 74.4 Å². The molecule has 4 aliphatic heterocycles. The molecule has 1 amide bonds. The van der Waals surface area contributed by atoms with E-state index in [2.05, 4.69) is 30.8 Å². The van der Waals surface area contributed by atoms with Crippen molar-refractivity contribution >= 4 is 46.0 Å². The number of halogens is 13. The van der Waals surface area contributed by atoms with Crippen molar-refractivity contribution in [1.29, 1.82) is 0 Å². The number of alkyl halides is 12. The van der Waals surface area contributed by atoms with Crippen LogP contribution >= 0.6 is 0 Å². The van der Waals surface area contributed by atoms with Crippen LogP contribution in [0.5, 0.6) is 0 Å². The number of carboxylic acids is 1. The van der Waals surface area contributed by atoms with Gasteiger partial charge < -0.3 is 53.0 Å². The number of benzene rings is 2. The molecule has 6 heterocycles. The zero-order valence-electron chi connectivity index (χ0n) is 44.6. The predicted octanol–water partition coefficient (Wildman–Crippen LogP) is 0.764. The fourth-order valence-electron chi connectivity index (χ4n) is 9.44. The van der Waals surface area contributed by atoms with Gasteiger partial charge >= 0.3 is 43.6 Å². The fraction of sp³-hybridized carbons (Fsp3) is 0.520. The van der Waals surface area contributed by atoms with Gasteiger partial charge in [0.2, 0.25) is 5.91 Å². The number of piperazine rings is 2. The molecular formula is C50H58ClF12LiN12O7. The number of piperidine rings is 2. The third kappa shape index (κ3) is 21.0. The summed E-state index contributed by atoms with van der Waals surface area (Å²) >= 11 is 0. The fourth-order valence-corrected chi connectivity index (χ4v) is 9.44. The number of quaternary nitrogens is 1. The second-order valence-electron chi connectivity index (χ2n) is 19.4. The average Bonchev–Trinajstić information content (AvgIpc) is 3.58. The van der Waals surface area contributed by atoms with E-state index in [1.165, 1.54) is 36.7 Å². The number of aromatic nitrogens is 2. The Morgan fingerprint density at radius 1 is 0.554 bits per heavy atom. The molecule has 0 radical (unpaired) electrons. The van der Waals surface area contributed by atoms with Gasteiger partial charge in [-0.15, -0.1) is 0 Å². The van der Waals surface area contributed by atoms with Gasteiger partial charge in [-0.2, -0.15) is 52.7 Å². The van der Waals surface area contributed by atoms with Crippen molar-refractivity contribution in [3.05, 3.63) is 116 Å². The van der Waals surface area contributed by atoms with Gasteiger partial charge in [0.1, 0.15) is 22.5 Å². The maximum Gasteiger partial charge on any atom is 1.00 e. The Hall–Kier alpha value is -6.39. The third-order valence-electron chi connectivity index (χ3n) is 13.9. The van der Waals surface area contributed by atoms with Gasteiger partial charge in [0, 0.05) is 139 Å². The SMILES string of the molecule is O=C(CCN1CCN(c2ccc(C(F)(F)F)nc2)CC1)N1CCC(Nc2ccc([N+](=O)[O-])c(C(F)(F)F)c2)CC1.O=C([O-])CCN1CCN(c2ccc(C(F)(F)F)nc2)CC1.O=[N+]([O-])c1ccc(NC2CC[NH2+]CC2)cc1C(F)(F)F.[Cl-].[Li+]. The van der Waals surface area contributed by atoms with Crippen LogP contribution in [0, 0.1) is 20.2 Å². The Morgan fingerprint density at radius 2 is 0.940 bits per heavy atom. The van der Waals surface area contributed by atoms with Crippen LogP contribution in [0.2, 0.25) is 0 Å². The van der Waals surface area contributed by atoms with Crippen molar-refractivity contribution in [3.8, 4) is 0 Å². The molecule has 19 nitrogen and oxygen atoms in total. The van der Waals surface area contributed by atoms with E-state index in [1.54, 1.807) is 4.90 Å². The summed E-state index contributed by atoms with van der Waals surface area (Å²) in [5.74, 6) is -1.10. The van der Waals surface area contributed by atoms with Crippen LogP contribution in [0.15, 0.2) is 73.1 Å². The molecule has 0 aliphatic carbocycles. The number of likely N-dealkylation sites (tertiary alicyclic amines) is 1. The molecule has 4 aromatic rings. The number of nitrogens with zero attached hydrogens (tertiary/aromatic N) is 9. The minimum absolute atomic E-state index is 0. The summed E-state index contributed by atoms with van der Waals surface area (Å²) < 4.78 is 154. The van der Waals surface area contributed by atoms with Crippen LogP contribution in [-0.4, -0.2) is 150 Å². The average molecular weight is 1210 g/mol. The summed E-state index contributed by atoms with van der Waals surface area (Å²) in [5, 5.41) is 40.1. The number of carboxylic acid groups (broad SMARTS) is 1. The van der Waals surface area contributed by atoms with E-state index in [9.17, 15) is 87.6 Å². The Morgan fingerprint density at radius 3 is 1.28 bits per heavy atom. The van der Waals surface area contributed by atoms with Crippen LogP contribution < -0.4 is 62.1 Å². The monoisotopic (exact) mass is 1210 g/mol. The number of nitro benzene ring substituents is 2. The van der Waals surface area contributed by atoms with Crippen molar-refractivity contribution in [2.45, 2.75) is 75.3 Å². The minimum atomic E-state index is -4.86. The number of anilines is 4. The normalized spacial score (nSPS) is 16.9. The summed E-state index contributed by atoms with van der Waals surface area (Å²) in [5.41, 5.74) is -4.62. The maximum absolute atomic E-state index is 13.2. The first kappa shape index (κ1) is 69.1. The van der Waals surface area contributed by atoms with Crippen LogP contribution in [0.3, 0.4) is 0 Å². The van der Waals surface area contributed by atoms with Crippen molar-refractivity contribution in [2.75, 3.05) is 112 Å². The number of carbonyl (C=O) groups excluding carboxylic acids is 2. The summed E-state index contributed by atoms with van der Waals surface area (Å²) in [4.78, 5) is 59.3. The van der Waals surface area contributed by atoms with Crippen LogP contribution in [0.25, 0.3) is 0 Å². The smallest absolute Gasteiger partial charge is 1.00 e. The molecule has 4 saturated heterocycles. The van der Waals surface area contributed by atoms with Gasteiger partial charge in [-0.3, -0.25) is 34.8 Å². The molecule has 0 spiro atoms. The number of hydrogen-bond acceptors (Lipinski definition) is 15. The zero-order valence-corrected chi connectivity index (χ0v) is 45.4. The molecule has 0 saturated carbocycles. The number of aliphatic carboxylic acids is 1. The molecule has 83 heavy (non-hydrogen) atoms. The Labute approximate surface area is 486 Å². The van der Waals surface area contributed by atoms with Gasteiger partial charge in [0.25, 0.3) is 11.4 Å². The standard InChI is InChI=1S/C25H28F6N6O3.C13H16F3N3O2.C12H14F3N3O2.ClH.Li/c26-24(27,28)20-15-18(1-3-21(20)37(39)40)33-17-5-9-36(10-6-17)23(38)7-8-34-11-13-35(14-12-34)19-2-4-22(32-16-19)25(29,30)31;14-13(15,16)11-2-1-10(9-17-11)19-7-5-18(6-8-19)4-3-12(20)21;13-12(14,15)10-7-9(1-2-11(10)18(19)20)17-8-3-5-16-6-4-8;;/h1-4,15-17,33H,5-14H2;1-2,9H,3-8H2,(H,20,21);1-2,7-8,16-17H,3-6H2;1H;/q;;;;+1/p-1. The number of nitro groups is 2. The Balaban J connectivity index is 0.000000290. The molecule has 4 N–H and O–H groups in total. The number of nitrogens with one attached hydrogen (secondary N) is 2. The van der Waals surface area contributed by atoms with Crippen LogP contribution in [0.4, 0.5) is 86.8 Å². The molecular weight excluding hydrogens is 1150 g/mol. The molecule has 33 heteroatoms. The number of amides is 1. The van der Waals surface area contributed by atoms with Gasteiger partial charge in [-0.1, -0.05) is 0 Å².